The van der Waals surface area contributed by atoms with Crippen LogP contribution in [0.25, 0.3) is 0 Å². The summed E-state index contributed by atoms with van der Waals surface area (Å²) in [6.07, 6.45) is 7.34. The number of hydroxylamine groups is 2. The van der Waals surface area contributed by atoms with Crippen LogP contribution in [0.15, 0.2) is 57.9 Å². The first-order chi connectivity index (χ1) is 14.9. The van der Waals surface area contributed by atoms with Crippen LogP contribution >= 0.6 is 0 Å². The molecule has 1 aromatic carbocycles. The van der Waals surface area contributed by atoms with E-state index in [9.17, 15) is 13.2 Å². The largest absolute Gasteiger partial charge is 0.450 e. The van der Waals surface area contributed by atoms with E-state index in [0.29, 0.717) is 32.5 Å². The Bertz CT molecular complexity index is 1030. The number of nitrogens with one attached hydrogen (secondary N) is 1. The third kappa shape index (κ3) is 4.52. The molecule has 166 valence electrons. The number of hydrogen-bond donors (Lipinski definition) is 1. The van der Waals surface area contributed by atoms with E-state index >= 15 is 0 Å². The van der Waals surface area contributed by atoms with E-state index < -0.39 is 9.84 Å². The predicted octanol–water partition coefficient (Wildman–Crippen LogP) is 1.99. The molecule has 11 heteroatoms. The van der Waals surface area contributed by atoms with Crippen molar-refractivity contribution in [3.8, 4) is 0 Å². The average molecular weight is 448 g/mol. The molecule has 10 nitrogen and oxygen atoms in total. The fraction of sp³-hybridized carbons (Fsp3) is 0.400. The van der Waals surface area contributed by atoms with Crippen LogP contribution in [0, 0.1) is 0 Å². The molecule has 1 N–H and O–H groups in total. The minimum Gasteiger partial charge on any atom is -0.450 e. The first-order valence-corrected chi connectivity index (χ1v) is 11.9. The maximum atomic E-state index is 11.9. The number of fused-ring (bicyclic) bond motifs is 1. The zero-order valence-electron chi connectivity index (χ0n) is 17.4. The van der Waals surface area contributed by atoms with Crippen LogP contribution in [0.3, 0.4) is 0 Å². The van der Waals surface area contributed by atoms with E-state index in [1.54, 1.807) is 64.9 Å². The summed E-state index contributed by atoms with van der Waals surface area (Å²) < 4.78 is 28.4. The minimum atomic E-state index is -3.26. The molecule has 0 spiro atoms. The third-order valence-corrected chi connectivity index (χ3v) is 6.32. The molecule has 1 amide bonds. The second-order valence-electron chi connectivity index (χ2n) is 7.36. The van der Waals surface area contributed by atoms with Crippen LogP contribution in [0.4, 0.5) is 10.5 Å². The molecule has 0 aliphatic carbocycles. The number of nitrogens with zero attached hydrogens (tertiary/aromatic N) is 4. The quantitative estimate of drug-likeness (QED) is 0.731. The number of rotatable bonds is 5. The number of aliphatic imine (C=N–C) groups is 1. The molecule has 0 radical (unpaired) electrons. The number of sulfone groups is 1. The topological polar surface area (TPSA) is 104 Å². The molecule has 3 aliphatic heterocycles. The normalized spacial score (nSPS) is 19.0. The van der Waals surface area contributed by atoms with Crippen molar-refractivity contribution in [3.05, 3.63) is 48.1 Å². The van der Waals surface area contributed by atoms with Crippen LogP contribution in [0.1, 0.15) is 19.8 Å². The Balaban J connectivity index is 1.38. The highest BCUT2D eigenvalue weighted by Crippen LogP contribution is 2.31. The van der Waals surface area contributed by atoms with Crippen LogP contribution in [-0.2, 0) is 19.4 Å². The number of hydrogen-bond acceptors (Lipinski definition) is 9. The summed E-state index contributed by atoms with van der Waals surface area (Å²) in [7, 11) is -3.26. The van der Waals surface area contributed by atoms with E-state index in [1.165, 1.54) is 6.26 Å². The van der Waals surface area contributed by atoms with E-state index in [4.69, 9.17) is 9.57 Å². The van der Waals surface area contributed by atoms with Crippen molar-refractivity contribution in [1.29, 1.82) is 0 Å². The molecule has 0 aromatic heterocycles. The third-order valence-electron chi connectivity index (χ3n) is 5.19. The second kappa shape index (κ2) is 8.60. The van der Waals surface area contributed by atoms with Crippen LogP contribution in [-0.4, -0.2) is 62.9 Å². The van der Waals surface area contributed by atoms with Gasteiger partial charge < -0.3 is 9.64 Å². The van der Waals surface area contributed by atoms with Crippen molar-refractivity contribution < 1.29 is 22.8 Å². The number of ether oxygens (including phenoxy) is 1. The van der Waals surface area contributed by atoms with Gasteiger partial charge in [0, 0.05) is 25.5 Å². The van der Waals surface area contributed by atoms with E-state index in [2.05, 4.69) is 10.4 Å². The first-order valence-electron chi connectivity index (χ1n) is 10.0. The van der Waals surface area contributed by atoms with Crippen molar-refractivity contribution in [3.63, 3.8) is 0 Å². The molecule has 1 saturated heterocycles. The van der Waals surface area contributed by atoms with Gasteiger partial charge in [0.25, 0.3) is 0 Å². The minimum absolute atomic E-state index is 0.0551. The van der Waals surface area contributed by atoms with Gasteiger partial charge in [-0.05, 0) is 44.0 Å². The highest BCUT2D eigenvalue weighted by Gasteiger charge is 2.31. The van der Waals surface area contributed by atoms with Crippen LogP contribution in [0.5, 0.6) is 0 Å². The Hall–Kier alpha value is -3.05. The molecule has 1 aromatic rings. The molecular formula is C20H25N5O5S. The zero-order chi connectivity index (χ0) is 22.0. The fourth-order valence-electron chi connectivity index (χ4n) is 3.57. The fourth-order valence-corrected chi connectivity index (χ4v) is 4.20. The Morgan fingerprint density at radius 1 is 1.19 bits per heavy atom. The van der Waals surface area contributed by atoms with Gasteiger partial charge in [-0.25, -0.2) is 23.3 Å². The van der Waals surface area contributed by atoms with Crippen molar-refractivity contribution >= 4 is 28.0 Å². The smallest absolute Gasteiger partial charge is 0.409 e. The molecular weight excluding hydrogens is 422 g/mol. The van der Waals surface area contributed by atoms with E-state index in [1.807, 2.05) is 0 Å². The van der Waals surface area contributed by atoms with Gasteiger partial charge in [0.15, 0.2) is 9.84 Å². The standard InChI is InChI=1S/C20H25N5O5S/c1-3-29-20(26)23-10-8-16(9-11-23)30-24-14-21-12-19-18(24)13-22-25(19)15-4-6-17(7-5-15)31(2,27)28/h4-7,12-14,16,22H,3,8-11H2,1-2H3. The van der Waals surface area contributed by atoms with Gasteiger partial charge in [0.1, 0.15) is 17.7 Å². The summed E-state index contributed by atoms with van der Waals surface area (Å²) in [6.45, 7) is 3.31. The van der Waals surface area contributed by atoms with Crippen molar-refractivity contribution in [2.24, 2.45) is 4.99 Å². The maximum Gasteiger partial charge on any atom is 0.409 e. The van der Waals surface area contributed by atoms with E-state index in [-0.39, 0.29) is 17.1 Å². The van der Waals surface area contributed by atoms with Gasteiger partial charge in [-0.2, -0.15) is 0 Å². The number of carbonyl (C=O) groups is 1. The van der Waals surface area contributed by atoms with Crippen molar-refractivity contribution in [2.45, 2.75) is 30.8 Å². The number of piperidine rings is 1. The summed E-state index contributed by atoms with van der Waals surface area (Å²) in [6, 6.07) is 6.61. The van der Waals surface area contributed by atoms with Crippen molar-refractivity contribution in [1.82, 2.24) is 15.4 Å². The van der Waals surface area contributed by atoms with Gasteiger partial charge in [0.2, 0.25) is 0 Å². The SMILES string of the molecule is CCOC(=O)N1CCC(ON2C=NC=C3C2=CNN3c2ccc(S(C)(=O)=O)cc2)CC1. The monoisotopic (exact) mass is 447 g/mol. The van der Waals surface area contributed by atoms with Crippen molar-refractivity contribution in [2.75, 3.05) is 31.0 Å². The lowest BCUT2D eigenvalue weighted by atomic mass is 10.1. The summed E-state index contributed by atoms with van der Waals surface area (Å²) in [5.41, 5.74) is 5.49. The number of hydrazine groups is 1. The zero-order valence-corrected chi connectivity index (χ0v) is 18.2. The Labute approximate surface area is 181 Å². The summed E-state index contributed by atoms with van der Waals surface area (Å²) in [5, 5.41) is 3.43. The number of likely N-dealkylation sites (tertiary alicyclic amines) is 1. The maximum absolute atomic E-state index is 11.9. The molecule has 0 unspecified atom stereocenters. The molecule has 0 bridgehead atoms. The second-order valence-corrected chi connectivity index (χ2v) is 9.37. The molecule has 31 heavy (non-hydrogen) atoms. The highest BCUT2D eigenvalue weighted by atomic mass is 32.2. The number of amides is 1. The molecule has 0 atom stereocenters. The van der Waals surface area contributed by atoms with E-state index in [0.717, 1.165) is 17.1 Å². The first kappa shape index (κ1) is 21.2. The highest BCUT2D eigenvalue weighted by molar-refractivity contribution is 7.90. The average Bonchev–Trinajstić information content (AvgIpc) is 3.19. The lowest BCUT2D eigenvalue weighted by molar-refractivity contribution is -0.133. The van der Waals surface area contributed by atoms with Gasteiger partial charge in [-0.15, -0.1) is 0 Å². The van der Waals surface area contributed by atoms with Crippen LogP contribution in [0.2, 0.25) is 0 Å². The van der Waals surface area contributed by atoms with Gasteiger partial charge in [0.05, 0.1) is 29.5 Å². The molecule has 4 rings (SSSR count). The molecule has 0 saturated carbocycles. The summed E-state index contributed by atoms with van der Waals surface area (Å²) >= 11 is 0. The molecule has 3 aliphatic rings. The Kier molecular flexibility index (Phi) is 5.88. The summed E-state index contributed by atoms with van der Waals surface area (Å²) in [5.74, 6) is 0. The number of benzene rings is 1. The lowest BCUT2D eigenvalue weighted by Crippen LogP contribution is -2.43. The van der Waals surface area contributed by atoms with Gasteiger partial charge in [-0.1, -0.05) is 0 Å². The summed E-state index contributed by atoms with van der Waals surface area (Å²) in [4.78, 5) is 24.2. The number of carbonyl (C=O) groups excluding carboxylic acids is 1. The van der Waals surface area contributed by atoms with Gasteiger partial charge in [-0.3, -0.25) is 15.3 Å². The number of anilines is 1. The molecule has 3 heterocycles. The Morgan fingerprint density at radius 2 is 1.90 bits per heavy atom. The Morgan fingerprint density at radius 3 is 2.55 bits per heavy atom. The molecule has 1 fully saturated rings. The lowest BCUT2D eigenvalue weighted by Gasteiger charge is -2.34. The van der Waals surface area contributed by atoms with Gasteiger partial charge >= 0.3 is 6.09 Å². The predicted molar refractivity (Wildman–Crippen MR) is 114 cm³/mol. The van der Waals surface area contributed by atoms with Crippen LogP contribution < -0.4 is 10.4 Å².